The number of ether oxygens (including phenoxy) is 1. The van der Waals surface area contributed by atoms with Crippen LogP contribution in [0.15, 0.2) is 36.4 Å². The van der Waals surface area contributed by atoms with E-state index in [1.807, 2.05) is 6.07 Å². The summed E-state index contributed by atoms with van der Waals surface area (Å²) in [4.78, 5) is 17.3. The quantitative estimate of drug-likeness (QED) is 0.693. The van der Waals surface area contributed by atoms with Gasteiger partial charge in [-0.05, 0) is 68.2 Å². The molecule has 0 N–H and O–H groups in total. The zero-order valence-electron chi connectivity index (χ0n) is 17.9. The topological polar surface area (TPSA) is 32.8 Å². The number of hydrogen-bond acceptors (Lipinski definition) is 3. The molecule has 2 aromatic carbocycles. The number of nitrogens with zero attached hydrogens (tertiary/aromatic N) is 2. The lowest BCUT2D eigenvalue weighted by Crippen LogP contribution is -2.39. The predicted octanol–water partition coefficient (Wildman–Crippen LogP) is 4.50. The lowest BCUT2D eigenvalue weighted by Gasteiger charge is -2.31. The summed E-state index contributed by atoms with van der Waals surface area (Å²) in [5.41, 5.74) is 1.27. The Morgan fingerprint density at radius 1 is 1.00 bits per heavy atom. The third-order valence-electron chi connectivity index (χ3n) is 6.53. The van der Waals surface area contributed by atoms with E-state index in [0.29, 0.717) is 18.6 Å². The molecule has 2 aliphatic rings. The summed E-state index contributed by atoms with van der Waals surface area (Å²) in [7, 11) is 4.10. The van der Waals surface area contributed by atoms with E-state index in [1.54, 1.807) is 0 Å². The van der Waals surface area contributed by atoms with Gasteiger partial charge in [0.25, 0.3) is 0 Å². The number of benzene rings is 2. The average Bonchev–Trinajstić information content (AvgIpc) is 3.08. The predicted molar refractivity (Wildman–Crippen MR) is 118 cm³/mol. The molecule has 1 saturated heterocycles. The largest absolute Gasteiger partial charge is 0.492 e. The standard InChI is InChI=1S/C25H34N2O2/c1-26(2)14-15-29-24-11-10-20-16-19(8-9-21(20)18-24)17-22-12-13-27(25(22)28)23-6-4-3-5-7-23/h8-11,16,18,22-23H,3-7,12-15,17H2,1-2H3. The number of rotatable bonds is 7. The van der Waals surface area contributed by atoms with Crippen molar-refractivity contribution in [1.82, 2.24) is 9.80 Å². The van der Waals surface area contributed by atoms with Crippen molar-refractivity contribution in [3.05, 3.63) is 42.0 Å². The number of likely N-dealkylation sites (N-methyl/N-ethyl adjacent to an activating group) is 1. The molecule has 0 spiro atoms. The normalized spacial score (nSPS) is 20.7. The van der Waals surface area contributed by atoms with Gasteiger partial charge in [-0.15, -0.1) is 0 Å². The molecule has 156 valence electrons. The van der Waals surface area contributed by atoms with E-state index in [2.05, 4.69) is 54.2 Å². The maximum absolute atomic E-state index is 13.0. The molecule has 2 aromatic rings. The first-order valence-corrected chi connectivity index (χ1v) is 11.2. The molecule has 0 bridgehead atoms. The van der Waals surface area contributed by atoms with Crippen LogP contribution in [0.1, 0.15) is 44.1 Å². The highest BCUT2D eigenvalue weighted by Crippen LogP contribution is 2.31. The second-order valence-electron chi connectivity index (χ2n) is 9.01. The van der Waals surface area contributed by atoms with Gasteiger partial charge < -0.3 is 14.5 Å². The van der Waals surface area contributed by atoms with Gasteiger partial charge in [0.1, 0.15) is 12.4 Å². The molecule has 0 radical (unpaired) electrons. The van der Waals surface area contributed by atoms with Crippen molar-refractivity contribution in [3.63, 3.8) is 0 Å². The highest BCUT2D eigenvalue weighted by Gasteiger charge is 2.36. The second-order valence-corrected chi connectivity index (χ2v) is 9.01. The molecule has 2 fully saturated rings. The van der Waals surface area contributed by atoms with Gasteiger partial charge in [-0.25, -0.2) is 0 Å². The van der Waals surface area contributed by atoms with Crippen LogP contribution in [0, 0.1) is 5.92 Å². The van der Waals surface area contributed by atoms with Gasteiger partial charge in [0.2, 0.25) is 5.91 Å². The van der Waals surface area contributed by atoms with Crippen LogP contribution in [-0.2, 0) is 11.2 Å². The van der Waals surface area contributed by atoms with Gasteiger partial charge in [-0.2, -0.15) is 0 Å². The lowest BCUT2D eigenvalue weighted by atomic mass is 9.93. The average molecular weight is 395 g/mol. The molecule has 1 heterocycles. The van der Waals surface area contributed by atoms with Crippen molar-refractivity contribution in [1.29, 1.82) is 0 Å². The summed E-state index contributed by atoms with van der Waals surface area (Å²) in [6.45, 7) is 2.55. The minimum absolute atomic E-state index is 0.156. The van der Waals surface area contributed by atoms with Gasteiger partial charge in [0, 0.05) is 25.0 Å². The van der Waals surface area contributed by atoms with Gasteiger partial charge in [0.15, 0.2) is 0 Å². The number of carbonyl (C=O) groups excluding carboxylic acids is 1. The zero-order chi connectivity index (χ0) is 20.2. The van der Waals surface area contributed by atoms with Crippen LogP contribution in [0.5, 0.6) is 5.75 Å². The smallest absolute Gasteiger partial charge is 0.226 e. The summed E-state index contributed by atoms with van der Waals surface area (Å²) < 4.78 is 5.85. The first-order valence-electron chi connectivity index (χ1n) is 11.2. The Morgan fingerprint density at radius 2 is 1.76 bits per heavy atom. The summed E-state index contributed by atoms with van der Waals surface area (Å²) in [5.74, 6) is 1.46. The fourth-order valence-electron chi connectivity index (χ4n) is 4.83. The SMILES string of the molecule is CN(C)CCOc1ccc2cc(CC3CCN(C4CCCCC4)C3=O)ccc2c1. The van der Waals surface area contributed by atoms with Gasteiger partial charge in [-0.3, -0.25) is 4.79 Å². The summed E-state index contributed by atoms with van der Waals surface area (Å²) in [6.07, 6.45) is 8.17. The third kappa shape index (κ3) is 4.92. The fraction of sp³-hybridized carbons (Fsp3) is 0.560. The maximum atomic E-state index is 13.0. The molecule has 29 heavy (non-hydrogen) atoms. The third-order valence-corrected chi connectivity index (χ3v) is 6.53. The Labute approximate surface area is 174 Å². The monoisotopic (exact) mass is 394 g/mol. The molecule has 4 heteroatoms. The molecular formula is C25H34N2O2. The molecule has 0 aromatic heterocycles. The molecule has 4 rings (SSSR count). The molecular weight excluding hydrogens is 360 g/mol. The molecule has 1 atom stereocenters. The highest BCUT2D eigenvalue weighted by molar-refractivity contribution is 5.85. The van der Waals surface area contributed by atoms with Crippen LogP contribution < -0.4 is 4.74 Å². The van der Waals surface area contributed by atoms with E-state index in [4.69, 9.17) is 4.74 Å². The highest BCUT2D eigenvalue weighted by atomic mass is 16.5. The lowest BCUT2D eigenvalue weighted by molar-refractivity contribution is -0.133. The Morgan fingerprint density at radius 3 is 2.55 bits per heavy atom. The summed E-state index contributed by atoms with van der Waals surface area (Å²) in [6, 6.07) is 13.4. The maximum Gasteiger partial charge on any atom is 0.226 e. The van der Waals surface area contributed by atoms with E-state index in [9.17, 15) is 4.79 Å². The van der Waals surface area contributed by atoms with Gasteiger partial charge in [0.05, 0.1) is 0 Å². The molecule has 1 aliphatic carbocycles. The second kappa shape index (κ2) is 9.17. The van der Waals surface area contributed by atoms with Gasteiger partial charge in [-0.1, -0.05) is 43.5 Å². The Bertz CT molecular complexity index is 842. The van der Waals surface area contributed by atoms with Crippen molar-refractivity contribution in [2.45, 2.75) is 51.0 Å². The number of fused-ring (bicyclic) bond motifs is 1. The molecule has 1 amide bonds. The summed E-state index contributed by atoms with van der Waals surface area (Å²) in [5, 5.41) is 2.41. The summed E-state index contributed by atoms with van der Waals surface area (Å²) >= 11 is 0. The van der Waals surface area contributed by atoms with Crippen LogP contribution in [0.4, 0.5) is 0 Å². The van der Waals surface area contributed by atoms with Gasteiger partial charge >= 0.3 is 0 Å². The van der Waals surface area contributed by atoms with E-state index in [-0.39, 0.29) is 5.92 Å². The van der Waals surface area contributed by atoms with Crippen LogP contribution in [-0.4, -0.2) is 55.5 Å². The first-order chi connectivity index (χ1) is 14.1. The van der Waals surface area contributed by atoms with E-state index >= 15 is 0 Å². The fourth-order valence-corrected chi connectivity index (χ4v) is 4.83. The Balaban J connectivity index is 1.39. The zero-order valence-corrected chi connectivity index (χ0v) is 17.9. The molecule has 1 saturated carbocycles. The number of likely N-dealkylation sites (tertiary alicyclic amines) is 1. The van der Waals surface area contributed by atoms with Crippen molar-refractivity contribution >= 4 is 16.7 Å². The van der Waals surface area contributed by atoms with E-state index in [0.717, 1.165) is 31.7 Å². The Hall–Kier alpha value is -2.07. The number of carbonyl (C=O) groups is 1. The molecule has 1 unspecified atom stereocenters. The minimum atomic E-state index is 0.156. The van der Waals surface area contributed by atoms with Crippen molar-refractivity contribution in [2.24, 2.45) is 5.92 Å². The Kier molecular flexibility index (Phi) is 6.39. The molecule has 4 nitrogen and oxygen atoms in total. The first kappa shape index (κ1) is 20.2. The van der Waals surface area contributed by atoms with Crippen LogP contribution >= 0.6 is 0 Å². The van der Waals surface area contributed by atoms with Crippen LogP contribution in [0.2, 0.25) is 0 Å². The number of hydrogen-bond donors (Lipinski definition) is 0. The van der Waals surface area contributed by atoms with E-state index in [1.165, 1.54) is 48.4 Å². The van der Waals surface area contributed by atoms with Crippen LogP contribution in [0.25, 0.3) is 10.8 Å². The molecule has 1 aliphatic heterocycles. The number of amides is 1. The van der Waals surface area contributed by atoms with E-state index < -0.39 is 0 Å². The van der Waals surface area contributed by atoms with Crippen molar-refractivity contribution < 1.29 is 9.53 Å². The van der Waals surface area contributed by atoms with Crippen molar-refractivity contribution in [2.75, 3.05) is 33.8 Å². The van der Waals surface area contributed by atoms with Crippen LogP contribution in [0.3, 0.4) is 0 Å². The minimum Gasteiger partial charge on any atom is -0.492 e. The van der Waals surface area contributed by atoms with Crippen molar-refractivity contribution in [3.8, 4) is 5.75 Å².